The van der Waals surface area contributed by atoms with Gasteiger partial charge in [0.25, 0.3) is 5.91 Å². The molecule has 25 heavy (non-hydrogen) atoms. The molecule has 3 N–H and O–H groups in total. The third-order valence-electron chi connectivity index (χ3n) is 5.31. The lowest BCUT2D eigenvalue weighted by Gasteiger charge is -2.27. The topological polar surface area (TPSA) is 95.5 Å². The van der Waals surface area contributed by atoms with Crippen LogP contribution in [0.3, 0.4) is 0 Å². The maximum absolute atomic E-state index is 12.4. The van der Waals surface area contributed by atoms with E-state index in [1.165, 1.54) is 5.56 Å². The number of aryl methyl sites for hydroxylation is 1. The highest BCUT2D eigenvalue weighted by atomic mass is 16.4. The van der Waals surface area contributed by atoms with Gasteiger partial charge in [-0.2, -0.15) is 0 Å². The van der Waals surface area contributed by atoms with Crippen LogP contribution in [-0.4, -0.2) is 28.6 Å². The van der Waals surface area contributed by atoms with Crippen LogP contribution in [0.2, 0.25) is 0 Å². The molecule has 0 spiro atoms. The molecular formula is C19H24N2O4. The Bertz CT molecular complexity index is 737. The summed E-state index contributed by atoms with van der Waals surface area (Å²) < 4.78 is 0. The highest BCUT2D eigenvalue weighted by Gasteiger charge is 2.62. The largest absolute Gasteiger partial charge is 0.481 e. The van der Waals surface area contributed by atoms with Crippen LogP contribution < -0.4 is 10.6 Å². The Labute approximate surface area is 147 Å². The Hall–Kier alpha value is -2.37. The fourth-order valence-electron chi connectivity index (χ4n) is 3.68. The molecule has 1 aromatic carbocycles. The van der Waals surface area contributed by atoms with Gasteiger partial charge in [0.15, 0.2) is 0 Å². The van der Waals surface area contributed by atoms with E-state index in [1.54, 1.807) is 0 Å². The van der Waals surface area contributed by atoms with Crippen molar-refractivity contribution >= 4 is 17.9 Å². The number of nitrogens with one attached hydrogen (secondary N) is 2. The highest BCUT2D eigenvalue weighted by Crippen LogP contribution is 2.49. The monoisotopic (exact) mass is 344 g/mol. The number of rotatable bonds is 5. The van der Waals surface area contributed by atoms with Gasteiger partial charge in [-0.25, -0.2) is 4.79 Å². The summed E-state index contributed by atoms with van der Waals surface area (Å²) in [5.41, 5.74) is 1.19. The fourth-order valence-corrected chi connectivity index (χ4v) is 3.68. The average molecular weight is 344 g/mol. The molecule has 2 fully saturated rings. The number of aliphatic carboxylic acids is 1. The first-order valence-electron chi connectivity index (χ1n) is 8.59. The van der Waals surface area contributed by atoms with E-state index in [1.807, 2.05) is 12.1 Å². The van der Waals surface area contributed by atoms with E-state index >= 15 is 0 Å². The molecule has 134 valence electrons. The van der Waals surface area contributed by atoms with Gasteiger partial charge in [-0.3, -0.25) is 14.9 Å². The lowest BCUT2D eigenvalue weighted by atomic mass is 9.83. The smallest absolute Gasteiger partial charge is 0.322 e. The number of hydrogen-bond acceptors (Lipinski definition) is 3. The average Bonchev–Trinajstić information content (AvgIpc) is 3.27. The van der Waals surface area contributed by atoms with Crippen LogP contribution >= 0.6 is 0 Å². The highest BCUT2D eigenvalue weighted by molar-refractivity contribution is 6.07. The SMILES string of the molecule is CC(C)(C)c1cccc(CCC2([C@H]3C[C@@H]3C(=O)O)NC(=O)NC2=O)c1. The van der Waals surface area contributed by atoms with Crippen molar-refractivity contribution in [1.29, 1.82) is 0 Å². The first-order valence-corrected chi connectivity index (χ1v) is 8.59. The third-order valence-corrected chi connectivity index (χ3v) is 5.31. The molecule has 1 aromatic rings. The Morgan fingerprint density at radius 1 is 1.32 bits per heavy atom. The lowest BCUT2D eigenvalue weighted by molar-refractivity contribution is -0.139. The molecule has 1 saturated carbocycles. The normalized spacial score (nSPS) is 28.4. The lowest BCUT2D eigenvalue weighted by Crippen LogP contribution is -2.50. The molecule has 1 saturated heterocycles. The zero-order valence-electron chi connectivity index (χ0n) is 14.8. The first-order chi connectivity index (χ1) is 11.6. The number of urea groups is 1. The Morgan fingerprint density at radius 2 is 2.04 bits per heavy atom. The molecule has 6 heteroatoms. The Kier molecular flexibility index (Phi) is 4.09. The first kappa shape index (κ1) is 17.5. The van der Waals surface area contributed by atoms with Crippen molar-refractivity contribution in [2.45, 2.75) is 51.0 Å². The molecule has 3 atom stereocenters. The van der Waals surface area contributed by atoms with Crippen LogP contribution in [0.15, 0.2) is 24.3 Å². The molecule has 1 aliphatic heterocycles. The minimum atomic E-state index is -1.11. The van der Waals surface area contributed by atoms with Crippen molar-refractivity contribution in [3.63, 3.8) is 0 Å². The maximum Gasteiger partial charge on any atom is 0.322 e. The van der Waals surface area contributed by atoms with Crippen LogP contribution in [0.25, 0.3) is 0 Å². The second-order valence-corrected chi connectivity index (χ2v) is 8.12. The number of carbonyl (C=O) groups excluding carboxylic acids is 2. The number of amides is 3. The van der Waals surface area contributed by atoms with Gasteiger partial charge in [0.1, 0.15) is 5.54 Å². The van der Waals surface area contributed by atoms with Crippen molar-refractivity contribution in [3.8, 4) is 0 Å². The van der Waals surface area contributed by atoms with Crippen molar-refractivity contribution in [2.75, 3.05) is 0 Å². The van der Waals surface area contributed by atoms with E-state index in [-0.39, 0.29) is 11.3 Å². The van der Waals surface area contributed by atoms with E-state index in [0.717, 1.165) is 5.56 Å². The van der Waals surface area contributed by atoms with Crippen LogP contribution in [0.4, 0.5) is 4.79 Å². The van der Waals surface area contributed by atoms with Crippen molar-refractivity contribution in [1.82, 2.24) is 10.6 Å². The second-order valence-electron chi connectivity index (χ2n) is 8.12. The molecule has 2 aliphatic rings. The van der Waals surface area contributed by atoms with Gasteiger partial charge in [0.05, 0.1) is 5.92 Å². The standard InChI is InChI=1S/C19H24N2O4/c1-18(2,3)12-6-4-5-11(9-12)7-8-19(14-10-13(14)15(22)23)16(24)20-17(25)21-19/h4-6,9,13-14H,7-8,10H2,1-3H3,(H,22,23)(H2,20,21,24,25)/t13-,14-,19?/m0/s1. The van der Waals surface area contributed by atoms with E-state index in [9.17, 15) is 19.5 Å². The molecule has 0 radical (unpaired) electrons. The van der Waals surface area contributed by atoms with E-state index in [2.05, 4.69) is 43.5 Å². The number of hydrogen-bond donors (Lipinski definition) is 3. The summed E-state index contributed by atoms with van der Waals surface area (Å²) in [6.45, 7) is 6.42. The van der Waals surface area contributed by atoms with Crippen molar-refractivity contribution in [2.24, 2.45) is 11.8 Å². The molecule has 1 unspecified atom stereocenters. The molecule has 1 heterocycles. The van der Waals surface area contributed by atoms with E-state index < -0.39 is 29.4 Å². The summed E-state index contributed by atoms with van der Waals surface area (Å²) in [5.74, 6) is -2.22. The van der Waals surface area contributed by atoms with Crippen molar-refractivity contribution < 1.29 is 19.5 Å². The number of benzene rings is 1. The van der Waals surface area contributed by atoms with E-state index in [4.69, 9.17) is 0 Å². The molecule has 3 rings (SSSR count). The van der Waals surface area contributed by atoms with Crippen LogP contribution in [-0.2, 0) is 21.4 Å². The summed E-state index contributed by atoms with van der Waals surface area (Å²) in [7, 11) is 0. The molecule has 0 aromatic heterocycles. The van der Waals surface area contributed by atoms with Crippen LogP contribution in [0, 0.1) is 11.8 Å². The minimum Gasteiger partial charge on any atom is -0.481 e. The van der Waals surface area contributed by atoms with Gasteiger partial charge in [-0.1, -0.05) is 45.0 Å². The molecule has 1 aliphatic carbocycles. The summed E-state index contributed by atoms with van der Waals surface area (Å²) >= 11 is 0. The fraction of sp³-hybridized carbons (Fsp3) is 0.526. The van der Waals surface area contributed by atoms with Crippen LogP contribution in [0.1, 0.15) is 44.7 Å². The van der Waals surface area contributed by atoms with Crippen LogP contribution in [0.5, 0.6) is 0 Å². The van der Waals surface area contributed by atoms with Gasteiger partial charge in [-0.05, 0) is 35.8 Å². The number of carboxylic acids is 1. The predicted octanol–water partition coefficient (Wildman–Crippen LogP) is 2.22. The molecule has 0 bridgehead atoms. The van der Waals surface area contributed by atoms with E-state index in [0.29, 0.717) is 19.3 Å². The quantitative estimate of drug-likeness (QED) is 0.714. The third kappa shape index (κ3) is 3.25. The number of carbonyl (C=O) groups is 3. The minimum absolute atomic E-state index is 0.0253. The van der Waals surface area contributed by atoms with Gasteiger partial charge in [0, 0.05) is 5.92 Å². The maximum atomic E-state index is 12.4. The van der Waals surface area contributed by atoms with Gasteiger partial charge in [0.2, 0.25) is 0 Å². The summed E-state index contributed by atoms with van der Waals surface area (Å²) in [5, 5.41) is 14.2. The molecule has 6 nitrogen and oxygen atoms in total. The van der Waals surface area contributed by atoms with Gasteiger partial charge >= 0.3 is 12.0 Å². The Morgan fingerprint density at radius 3 is 2.56 bits per heavy atom. The zero-order chi connectivity index (χ0) is 18.4. The predicted molar refractivity (Wildman–Crippen MR) is 92.1 cm³/mol. The second kappa shape index (κ2) is 5.86. The zero-order valence-corrected chi connectivity index (χ0v) is 14.8. The van der Waals surface area contributed by atoms with Crippen molar-refractivity contribution in [3.05, 3.63) is 35.4 Å². The van der Waals surface area contributed by atoms with Gasteiger partial charge < -0.3 is 10.4 Å². The summed E-state index contributed by atoms with van der Waals surface area (Å²) in [6.07, 6.45) is 1.41. The Balaban J connectivity index is 1.80. The number of imide groups is 1. The summed E-state index contributed by atoms with van der Waals surface area (Å²) in [4.78, 5) is 35.3. The molecule has 3 amide bonds. The number of carboxylic acid groups (broad SMARTS) is 1. The summed E-state index contributed by atoms with van der Waals surface area (Å²) in [6, 6.07) is 7.64. The molecular weight excluding hydrogens is 320 g/mol. The van der Waals surface area contributed by atoms with Gasteiger partial charge in [-0.15, -0.1) is 0 Å².